The van der Waals surface area contributed by atoms with Gasteiger partial charge < -0.3 is 4.74 Å². The first-order chi connectivity index (χ1) is 14.6. The fourth-order valence-corrected chi connectivity index (χ4v) is 4.81. The van der Waals surface area contributed by atoms with Crippen LogP contribution < -0.4 is 4.74 Å². The van der Waals surface area contributed by atoms with Gasteiger partial charge in [-0.25, -0.2) is 13.5 Å². The lowest BCUT2D eigenvalue weighted by atomic mass is 10.0. The lowest BCUT2D eigenvalue weighted by molar-refractivity contribution is -0.173. The number of halogens is 1. The van der Waals surface area contributed by atoms with Crippen molar-refractivity contribution in [1.82, 2.24) is 9.37 Å². The van der Waals surface area contributed by atoms with Crippen molar-refractivity contribution in [3.63, 3.8) is 0 Å². The molecular weight excluding hydrogens is 440 g/mol. The van der Waals surface area contributed by atoms with Crippen LogP contribution in [0.25, 0.3) is 0 Å². The largest absolute Gasteiger partial charge is 0.497 e. The highest BCUT2D eigenvalue weighted by atomic mass is 35.5. The molecule has 9 heteroatoms. The lowest BCUT2D eigenvalue weighted by Gasteiger charge is -2.33. The van der Waals surface area contributed by atoms with Crippen molar-refractivity contribution in [2.24, 2.45) is 5.92 Å². The molecule has 1 amide bonds. The summed E-state index contributed by atoms with van der Waals surface area (Å²) in [5.74, 6) is 0.282. The predicted molar refractivity (Wildman–Crippen MR) is 120 cm³/mol. The van der Waals surface area contributed by atoms with Crippen LogP contribution in [0.15, 0.2) is 53.4 Å². The van der Waals surface area contributed by atoms with Crippen LogP contribution in [0, 0.1) is 5.92 Å². The van der Waals surface area contributed by atoms with Crippen LogP contribution in [0.4, 0.5) is 0 Å². The second-order valence-electron chi connectivity index (χ2n) is 7.52. The minimum absolute atomic E-state index is 0.00956. The lowest BCUT2D eigenvalue weighted by Crippen LogP contribution is -2.50. The molecule has 1 atom stereocenters. The second kappa shape index (κ2) is 10.9. The molecule has 0 fully saturated rings. The third-order valence-electron chi connectivity index (χ3n) is 4.83. The van der Waals surface area contributed by atoms with E-state index in [1.165, 1.54) is 42.7 Å². The van der Waals surface area contributed by atoms with Gasteiger partial charge in [0, 0.05) is 18.6 Å². The first kappa shape index (κ1) is 25.1. The van der Waals surface area contributed by atoms with E-state index in [1.807, 2.05) is 13.8 Å². The van der Waals surface area contributed by atoms with Crippen LogP contribution >= 0.6 is 11.6 Å². The number of methoxy groups -OCH3 is 1. The normalized spacial score (nSPS) is 12.8. The van der Waals surface area contributed by atoms with E-state index < -0.39 is 22.0 Å². The maximum absolute atomic E-state index is 13.7. The van der Waals surface area contributed by atoms with Crippen LogP contribution in [-0.4, -0.2) is 51.0 Å². The van der Waals surface area contributed by atoms with Crippen LogP contribution in [0.3, 0.4) is 0 Å². The minimum atomic E-state index is -4.02. The Morgan fingerprint density at radius 3 is 2.10 bits per heavy atom. The van der Waals surface area contributed by atoms with Gasteiger partial charge in [0.1, 0.15) is 11.8 Å². The van der Waals surface area contributed by atoms with Crippen LogP contribution in [0.2, 0.25) is 5.02 Å². The molecule has 2 aromatic rings. The summed E-state index contributed by atoms with van der Waals surface area (Å²) in [6, 6.07) is 12.0. The SMILES string of the molecule is COc1ccc(CN([C@H](CC(C)C)C(=O)N(C)OC)S(=O)(=O)c2ccc(Cl)cc2)cc1. The molecule has 170 valence electrons. The third-order valence-corrected chi connectivity index (χ3v) is 6.95. The summed E-state index contributed by atoms with van der Waals surface area (Å²) in [6.45, 7) is 3.89. The van der Waals surface area contributed by atoms with Crippen molar-refractivity contribution in [2.75, 3.05) is 21.3 Å². The quantitative estimate of drug-likeness (QED) is 0.493. The van der Waals surface area contributed by atoms with Crippen molar-refractivity contribution in [3.05, 3.63) is 59.1 Å². The summed E-state index contributed by atoms with van der Waals surface area (Å²) in [7, 11) is 0.372. The second-order valence-corrected chi connectivity index (χ2v) is 9.84. The first-order valence-corrected chi connectivity index (χ1v) is 11.6. The van der Waals surface area contributed by atoms with E-state index in [0.717, 1.165) is 10.6 Å². The Hall–Kier alpha value is -2.13. The molecule has 0 saturated carbocycles. The van der Waals surface area contributed by atoms with Gasteiger partial charge in [-0.05, 0) is 54.3 Å². The van der Waals surface area contributed by atoms with E-state index in [4.69, 9.17) is 21.2 Å². The highest BCUT2D eigenvalue weighted by Gasteiger charge is 2.38. The van der Waals surface area contributed by atoms with Gasteiger partial charge in [-0.15, -0.1) is 0 Å². The molecule has 0 aliphatic carbocycles. The average Bonchev–Trinajstić information content (AvgIpc) is 2.75. The molecule has 2 aromatic carbocycles. The molecule has 0 bridgehead atoms. The van der Waals surface area contributed by atoms with Gasteiger partial charge in [0.25, 0.3) is 5.91 Å². The summed E-state index contributed by atoms with van der Waals surface area (Å²) >= 11 is 5.94. The highest BCUT2D eigenvalue weighted by Crippen LogP contribution is 2.27. The van der Waals surface area contributed by atoms with Crippen LogP contribution in [0.5, 0.6) is 5.75 Å². The van der Waals surface area contributed by atoms with Crippen LogP contribution in [0.1, 0.15) is 25.8 Å². The summed E-state index contributed by atoms with van der Waals surface area (Å²) in [5, 5.41) is 1.49. The molecular formula is C22H29ClN2O5S. The number of ether oxygens (including phenoxy) is 1. The maximum atomic E-state index is 13.7. The van der Waals surface area contributed by atoms with Gasteiger partial charge in [-0.2, -0.15) is 4.31 Å². The van der Waals surface area contributed by atoms with Crippen LogP contribution in [-0.2, 0) is 26.2 Å². The average molecular weight is 469 g/mol. The van der Waals surface area contributed by atoms with E-state index in [2.05, 4.69) is 0 Å². The molecule has 2 rings (SSSR count). The van der Waals surface area contributed by atoms with Crippen molar-refractivity contribution in [2.45, 2.75) is 37.8 Å². The zero-order valence-corrected chi connectivity index (χ0v) is 20.0. The fourth-order valence-electron chi connectivity index (χ4n) is 3.10. The number of carbonyl (C=O) groups is 1. The van der Waals surface area contributed by atoms with Crippen molar-refractivity contribution in [3.8, 4) is 5.75 Å². The minimum Gasteiger partial charge on any atom is -0.497 e. The standard InChI is InChI=1S/C22H29ClN2O5S/c1-16(2)14-21(22(26)24(3)30-5)25(15-17-6-10-19(29-4)11-7-17)31(27,28)20-12-8-18(23)9-13-20/h6-13,16,21H,14-15H2,1-5H3/t21-/m1/s1. The molecule has 31 heavy (non-hydrogen) atoms. The summed E-state index contributed by atoms with van der Waals surface area (Å²) < 4.78 is 33.7. The number of nitrogens with zero attached hydrogens (tertiary/aromatic N) is 2. The molecule has 0 radical (unpaired) electrons. The molecule has 0 heterocycles. The Labute approximate surface area is 189 Å². The number of sulfonamides is 1. The van der Waals surface area contributed by atoms with Gasteiger partial charge in [0.05, 0.1) is 19.1 Å². The summed E-state index contributed by atoms with van der Waals surface area (Å²) in [6.07, 6.45) is 0.329. The van der Waals surface area contributed by atoms with E-state index in [1.54, 1.807) is 31.4 Å². The van der Waals surface area contributed by atoms with Crippen molar-refractivity contribution >= 4 is 27.5 Å². The Balaban J connectivity index is 2.57. The molecule has 0 aliphatic heterocycles. The Morgan fingerprint density at radius 2 is 1.61 bits per heavy atom. The van der Waals surface area contributed by atoms with E-state index in [-0.39, 0.29) is 17.4 Å². The number of hydrogen-bond donors (Lipinski definition) is 0. The Morgan fingerprint density at radius 1 is 1.03 bits per heavy atom. The number of benzene rings is 2. The molecule has 0 saturated heterocycles. The van der Waals surface area contributed by atoms with Gasteiger partial charge in [-0.3, -0.25) is 9.63 Å². The van der Waals surface area contributed by atoms with E-state index in [9.17, 15) is 13.2 Å². The number of hydrogen-bond acceptors (Lipinski definition) is 5. The van der Waals surface area contributed by atoms with Crippen molar-refractivity contribution in [1.29, 1.82) is 0 Å². The molecule has 0 aliphatic rings. The summed E-state index contributed by atoms with van der Waals surface area (Å²) in [4.78, 5) is 18.3. The number of rotatable bonds is 10. The van der Waals surface area contributed by atoms with Crippen molar-refractivity contribution < 1.29 is 22.8 Å². The molecule has 0 aromatic heterocycles. The Kier molecular flexibility index (Phi) is 8.88. The first-order valence-electron chi connectivity index (χ1n) is 9.82. The van der Waals surface area contributed by atoms with Gasteiger partial charge in [0.2, 0.25) is 10.0 Å². The fraction of sp³-hybridized carbons (Fsp3) is 0.409. The molecule has 7 nitrogen and oxygen atoms in total. The monoisotopic (exact) mass is 468 g/mol. The Bertz CT molecular complexity index is 962. The maximum Gasteiger partial charge on any atom is 0.264 e. The number of amides is 1. The smallest absolute Gasteiger partial charge is 0.264 e. The molecule has 0 unspecified atom stereocenters. The number of likely N-dealkylation sites (N-methyl/N-ethyl adjacent to an activating group) is 1. The number of hydroxylamine groups is 2. The molecule has 0 spiro atoms. The van der Waals surface area contributed by atoms with Gasteiger partial charge >= 0.3 is 0 Å². The zero-order chi connectivity index (χ0) is 23.2. The molecule has 0 N–H and O–H groups in total. The zero-order valence-electron chi connectivity index (χ0n) is 18.4. The summed E-state index contributed by atoms with van der Waals surface area (Å²) in [5.41, 5.74) is 0.722. The van der Waals surface area contributed by atoms with Gasteiger partial charge in [-0.1, -0.05) is 37.6 Å². The third kappa shape index (κ3) is 6.43. The van der Waals surface area contributed by atoms with E-state index in [0.29, 0.717) is 17.2 Å². The predicted octanol–water partition coefficient (Wildman–Crippen LogP) is 3.97. The number of carbonyl (C=O) groups excluding carboxylic acids is 1. The van der Waals surface area contributed by atoms with E-state index >= 15 is 0 Å². The topological polar surface area (TPSA) is 76.2 Å². The van der Waals surface area contributed by atoms with Gasteiger partial charge in [0.15, 0.2) is 0 Å². The highest BCUT2D eigenvalue weighted by molar-refractivity contribution is 7.89.